The summed E-state index contributed by atoms with van der Waals surface area (Å²) >= 11 is 0. The Kier molecular flexibility index (Phi) is 5.60. The number of benzene rings is 2. The molecule has 7 heteroatoms. The number of rotatable bonds is 6. The molecule has 2 aromatic carbocycles. The van der Waals surface area contributed by atoms with Gasteiger partial charge < -0.3 is 15.4 Å². The lowest BCUT2D eigenvalue weighted by molar-refractivity contribution is 0.102. The summed E-state index contributed by atoms with van der Waals surface area (Å²) in [4.78, 5) is 12.3. The molecule has 1 heterocycles. The normalized spacial score (nSPS) is 9.93. The SMILES string of the molecule is CCOc1ccc(Nc2ccc(C(=O)Nc3ccccc3C#N)nn2)cc1. The lowest BCUT2D eigenvalue weighted by atomic mass is 10.2. The van der Waals surface area contributed by atoms with Crippen LogP contribution in [0.25, 0.3) is 0 Å². The third-order valence-corrected chi connectivity index (χ3v) is 3.63. The summed E-state index contributed by atoms with van der Waals surface area (Å²) < 4.78 is 5.40. The van der Waals surface area contributed by atoms with E-state index in [-0.39, 0.29) is 5.69 Å². The molecule has 0 fully saturated rings. The molecule has 0 bridgehead atoms. The van der Waals surface area contributed by atoms with E-state index >= 15 is 0 Å². The second-order valence-electron chi connectivity index (χ2n) is 5.50. The number of aromatic nitrogens is 2. The van der Waals surface area contributed by atoms with Gasteiger partial charge in [-0.15, -0.1) is 10.2 Å². The summed E-state index contributed by atoms with van der Waals surface area (Å²) in [5, 5.41) is 22.8. The Morgan fingerprint density at radius 2 is 1.85 bits per heavy atom. The van der Waals surface area contributed by atoms with E-state index in [1.807, 2.05) is 37.3 Å². The molecule has 0 aliphatic heterocycles. The first-order chi connectivity index (χ1) is 13.2. The topological polar surface area (TPSA) is 99.9 Å². The number of hydrogen-bond acceptors (Lipinski definition) is 6. The van der Waals surface area contributed by atoms with E-state index < -0.39 is 5.91 Å². The Labute approximate surface area is 156 Å². The largest absolute Gasteiger partial charge is 0.494 e. The molecule has 1 amide bonds. The second-order valence-corrected chi connectivity index (χ2v) is 5.50. The molecule has 0 unspecified atom stereocenters. The maximum atomic E-state index is 12.3. The Hall–Kier alpha value is -3.92. The monoisotopic (exact) mass is 359 g/mol. The average Bonchev–Trinajstić information content (AvgIpc) is 2.70. The number of hydrogen-bond donors (Lipinski definition) is 2. The van der Waals surface area contributed by atoms with Crippen LogP contribution in [-0.4, -0.2) is 22.7 Å². The zero-order valence-electron chi connectivity index (χ0n) is 14.6. The molecule has 2 N–H and O–H groups in total. The van der Waals surface area contributed by atoms with Crippen molar-refractivity contribution < 1.29 is 9.53 Å². The number of carbonyl (C=O) groups is 1. The lowest BCUT2D eigenvalue weighted by Gasteiger charge is -2.08. The van der Waals surface area contributed by atoms with Gasteiger partial charge >= 0.3 is 0 Å². The molecule has 3 aromatic rings. The molecule has 1 aromatic heterocycles. The molecule has 0 spiro atoms. The van der Waals surface area contributed by atoms with Crippen LogP contribution in [0.15, 0.2) is 60.7 Å². The van der Waals surface area contributed by atoms with Crippen LogP contribution in [0.3, 0.4) is 0 Å². The summed E-state index contributed by atoms with van der Waals surface area (Å²) in [5.74, 6) is 0.866. The molecule has 0 atom stereocenters. The minimum absolute atomic E-state index is 0.153. The van der Waals surface area contributed by atoms with Crippen molar-refractivity contribution >= 4 is 23.1 Å². The molecule has 7 nitrogen and oxygen atoms in total. The third kappa shape index (κ3) is 4.58. The van der Waals surface area contributed by atoms with Crippen molar-refractivity contribution in [3.05, 3.63) is 71.9 Å². The van der Waals surface area contributed by atoms with Gasteiger partial charge in [-0.05, 0) is 55.5 Å². The minimum Gasteiger partial charge on any atom is -0.494 e. The van der Waals surface area contributed by atoms with Gasteiger partial charge in [0.05, 0.1) is 17.9 Å². The quantitative estimate of drug-likeness (QED) is 0.695. The van der Waals surface area contributed by atoms with Gasteiger partial charge in [-0.3, -0.25) is 4.79 Å². The molecule has 0 aliphatic carbocycles. The Morgan fingerprint density at radius 3 is 2.52 bits per heavy atom. The Balaban J connectivity index is 1.66. The van der Waals surface area contributed by atoms with Crippen LogP contribution in [0.1, 0.15) is 23.0 Å². The van der Waals surface area contributed by atoms with Gasteiger partial charge in [-0.25, -0.2) is 0 Å². The van der Waals surface area contributed by atoms with E-state index in [1.165, 1.54) is 0 Å². The van der Waals surface area contributed by atoms with Crippen LogP contribution >= 0.6 is 0 Å². The average molecular weight is 359 g/mol. The summed E-state index contributed by atoms with van der Waals surface area (Å²) in [6.45, 7) is 2.54. The molecule has 27 heavy (non-hydrogen) atoms. The number of nitriles is 1. The van der Waals surface area contributed by atoms with Crippen molar-refractivity contribution in [3.8, 4) is 11.8 Å². The fourth-order valence-electron chi connectivity index (χ4n) is 2.35. The van der Waals surface area contributed by atoms with Gasteiger partial charge in [-0.2, -0.15) is 5.26 Å². The van der Waals surface area contributed by atoms with Crippen molar-refractivity contribution in [2.45, 2.75) is 6.92 Å². The number of anilines is 3. The predicted octanol–water partition coefficient (Wildman–Crippen LogP) is 3.74. The third-order valence-electron chi connectivity index (χ3n) is 3.63. The minimum atomic E-state index is -0.433. The van der Waals surface area contributed by atoms with Crippen LogP contribution in [-0.2, 0) is 0 Å². The standard InChI is InChI=1S/C20H17N5O2/c1-2-27-16-9-7-15(8-10-16)22-19-12-11-18(24-25-19)20(26)23-17-6-4-3-5-14(17)13-21/h3-12H,2H2,1H3,(H,22,25)(H,23,26). The smallest absolute Gasteiger partial charge is 0.276 e. The highest BCUT2D eigenvalue weighted by atomic mass is 16.5. The zero-order valence-corrected chi connectivity index (χ0v) is 14.6. The summed E-state index contributed by atoms with van der Waals surface area (Å²) in [5.41, 5.74) is 1.80. The second kappa shape index (κ2) is 8.45. The van der Waals surface area contributed by atoms with Gasteiger partial charge in [0.2, 0.25) is 0 Å². The number of carbonyl (C=O) groups excluding carboxylic acids is 1. The zero-order chi connectivity index (χ0) is 19.1. The van der Waals surface area contributed by atoms with E-state index in [0.29, 0.717) is 23.7 Å². The van der Waals surface area contributed by atoms with Crippen LogP contribution in [0.4, 0.5) is 17.2 Å². The Bertz CT molecular complexity index is 963. The van der Waals surface area contributed by atoms with Gasteiger partial charge in [0.15, 0.2) is 11.5 Å². The maximum absolute atomic E-state index is 12.3. The van der Waals surface area contributed by atoms with E-state index in [2.05, 4.69) is 20.8 Å². The fourth-order valence-corrected chi connectivity index (χ4v) is 2.35. The molecule has 134 valence electrons. The van der Waals surface area contributed by atoms with Crippen LogP contribution in [0.5, 0.6) is 5.75 Å². The van der Waals surface area contributed by atoms with Gasteiger partial charge in [0.25, 0.3) is 5.91 Å². The van der Waals surface area contributed by atoms with Crippen molar-refractivity contribution in [2.75, 3.05) is 17.2 Å². The number of amides is 1. The number of para-hydroxylation sites is 1. The highest BCUT2D eigenvalue weighted by Crippen LogP contribution is 2.19. The molecule has 3 rings (SSSR count). The molecule has 0 radical (unpaired) electrons. The number of nitrogens with zero attached hydrogens (tertiary/aromatic N) is 3. The number of ether oxygens (including phenoxy) is 1. The van der Waals surface area contributed by atoms with Crippen LogP contribution in [0.2, 0.25) is 0 Å². The van der Waals surface area contributed by atoms with Gasteiger partial charge in [-0.1, -0.05) is 12.1 Å². The fraction of sp³-hybridized carbons (Fsp3) is 0.100. The van der Waals surface area contributed by atoms with E-state index in [4.69, 9.17) is 10.00 Å². The van der Waals surface area contributed by atoms with Gasteiger partial charge in [0.1, 0.15) is 11.8 Å². The molecular formula is C20H17N5O2. The van der Waals surface area contributed by atoms with Crippen molar-refractivity contribution in [1.82, 2.24) is 10.2 Å². The molecule has 0 aliphatic rings. The lowest BCUT2D eigenvalue weighted by Crippen LogP contribution is -2.15. The predicted molar refractivity (Wildman–Crippen MR) is 102 cm³/mol. The summed E-state index contributed by atoms with van der Waals surface area (Å²) in [6, 6.07) is 19.5. The first kappa shape index (κ1) is 17.9. The van der Waals surface area contributed by atoms with E-state index in [0.717, 1.165) is 11.4 Å². The van der Waals surface area contributed by atoms with Gasteiger partial charge in [0, 0.05) is 5.69 Å². The first-order valence-corrected chi connectivity index (χ1v) is 8.33. The number of nitrogens with one attached hydrogen (secondary N) is 2. The highest BCUT2D eigenvalue weighted by molar-refractivity contribution is 6.03. The van der Waals surface area contributed by atoms with E-state index in [9.17, 15) is 4.79 Å². The van der Waals surface area contributed by atoms with Crippen molar-refractivity contribution in [1.29, 1.82) is 5.26 Å². The summed E-state index contributed by atoms with van der Waals surface area (Å²) in [7, 11) is 0. The molecular weight excluding hydrogens is 342 g/mol. The van der Waals surface area contributed by atoms with Crippen LogP contribution in [0, 0.1) is 11.3 Å². The molecule has 0 saturated carbocycles. The Morgan fingerprint density at radius 1 is 1.07 bits per heavy atom. The van der Waals surface area contributed by atoms with Crippen molar-refractivity contribution in [3.63, 3.8) is 0 Å². The van der Waals surface area contributed by atoms with Crippen molar-refractivity contribution in [2.24, 2.45) is 0 Å². The van der Waals surface area contributed by atoms with E-state index in [1.54, 1.807) is 36.4 Å². The molecule has 0 saturated heterocycles. The first-order valence-electron chi connectivity index (χ1n) is 8.33. The summed E-state index contributed by atoms with van der Waals surface area (Å²) in [6.07, 6.45) is 0. The highest BCUT2D eigenvalue weighted by Gasteiger charge is 2.11. The maximum Gasteiger partial charge on any atom is 0.276 e. The van der Waals surface area contributed by atoms with Crippen LogP contribution < -0.4 is 15.4 Å².